The Morgan fingerprint density at radius 1 is 1.07 bits per heavy atom. The van der Waals surface area contributed by atoms with Gasteiger partial charge in [0.2, 0.25) is 0 Å². The first-order chi connectivity index (χ1) is 12.9. The van der Waals surface area contributed by atoms with Crippen molar-refractivity contribution in [1.29, 1.82) is 0 Å². The molecule has 0 atom stereocenters. The van der Waals surface area contributed by atoms with E-state index in [2.05, 4.69) is 4.98 Å². The summed E-state index contributed by atoms with van der Waals surface area (Å²) in [6.45, 7) is 1.10. The minimum Gasteiger partial charge on any atom is -0.328 e. The van der Waals surface area contributed by atoms with E-state index in [9.17, 15) is 23.2 Å². The van der Waals surface area contributed by atoms with Gasteiger partial charge < -0.3 is 9.40 Å². The van der Waals surface area contributed by atoms with Gasteiger partial charge in [-0.3, -0.25) is 9.59 Å². The normalized spacial score (nSPS) is 13.4. The fourth-order valence-electron chi connectivity index (χ4n) is 2.95. The first-order valence-corrected chi connectivity index (χ1v) is 7.87. The molecule has 1 aliphatic rings. The van der Waals surface area contributed by atoms with Crippen molar-refractivity contribution in [1.82, 2.24) is 14.6 Å². The molecule has 27 heavy (non-hydrogen) atoms. The molecule has 0 bridgehead atoms. The van der Waals surface area contributed by atoms with Gasteiger partial charge in [0.25, 0.3) is 11.8 Å². The van der Waals surface area contributed by atoms with Crippen molar-refractivity contribution < 1.29 is 28.0 Å². The maximum atomic E-state index is 13.5. The highest BCUT2D eigenvalue weighted by Crippen LogP contribution is 2.23. The van der Waals surface area contributed by atoms with Crippen LogP contribution in [0.3, 0.4) is 0 Å². The number of imidazole rings is 1. The zero-order chi connectivity index (χ0) is 19.3. The molecule has 1 aromatic heterocycles. The molecule has 0 spiro atoms. The van der Waals surface area contributed by atoms with Crippen LogP contribution in [0.1, 0.15) is 26.5 Å². The van der Waals surface area contributed by atoms with Crippen LogP contribution >= 0.6 is 0 Å². The van der Waals surface area contributed by atoms with E-state index < -0.39 is 36.0 Å². The van der Waals surface area contributed by atoms with Crippen molar-refractivity contribution in [3.63, 3.8) is 0 Å². The first-order valence-electron chi connectivity index (χ1n) is 7.87. The van der Waals surface area contributed by atoms with E-state index in [4.69, 9.17) is 4.84 Å². The van der Waals surface area contributed by atoms with Crippen LogP contribution in [0.5, 0.6) is 0 Å². The summed E-state index contributed by atoms with van der Waals surface area (Å²) in [5, 5.41) is 0.391. The van der Waals surface area contributed by atoms with Crippen molar-refractivity contribution in [2.75, 3.05) is 0 Å². The van der Waals surface area contributed by atoms with Gasteiger partial charge in [-0.25, -0.2) is 18.6 Å². The van der Waals surface area contributed by atoms with E-state index >= 15 is 0 Å². The van der Waals surface area contributed by atoms with E-state index in [0.717, 1.165) is 12.1 Å². The van der Waals surface area contributed by atoms with Crippen LogP contribution in [-0.4, -0.2) is 32.4 Å². The molecule has 7 nitrogen and oxygen atoms in total. The highest BCUT2D eigenvalue weighted by Gasteiger charge is 2.38. The Morgan fingerprint density at radius 3 is 2.30 bits per heavy atom. The zero-order valence-corrected chi connectivity index (χ0v) is 13.9. The predicted molar refractivity (Wildman–Crippen MR) is 87.4 cm³/mol. The molecule has 9 heteroatoms. The van der Waals surface area contributed by atoms with Gasteiger partial charge in [-0.1, -0.05) is 17.2 Å². The van der Waals surface area contributed by atoms with Crippen molar-refractivity contribution in [2.45, 2.75) is 13.5 Å². The van der Waals surface area contributed by atoms with E-state index in [-0.39, 0.29) is 22.2 Å². The second kappa shape index (κ2) is 5.97. The summed E-state index contributed by atoms with van der Waals surface area (Å²) in [5.74, 6) is -4.25. The lowest BCUT2D eigenvalue weighted by molar-refractivity contribution is -0.169. The van der Waals surface area contributed by atoms with Gasteiger partial charge in [-0.15, -0.1) is 0 Å². The van der Waals surface area contributed by atoms with E-state index in [1.54, 1.807) is 19.1 Å². The van der Waals surface area contributed by atoms with Gasteiger partial charge in [-0.2, -0.15) is 0 Å². The number of carbonyl (C=O) groups is 3. The van der Waals surface area contributed by atoms with Crippen LogP contribution in [-0.2, 0) is 16.2 Å². The van der Waals surface area contributed by atoms with Crippen molar-refractivity contribution in [2.24, 2.45) is 0 Å². The monoisotopic (exact) mass is 371 g/mol. The molecular formula is C18H11F2N3O4. The highest BCUT2D eigenvalue weighted by atomic mass is 19.2. The Labute approximate surface area is 150 Å². The Bertz CT molecular complexity index is 1100. The molecule has 0 N–H and O–H groups in total. The third-order valence-corrected chi connectivity index (χ3v) is 4.22. The maximum Gasteiger partial charge on any atom is 0.352 e. The SMILES string of the molecule is Cc1nc2cc(F)c(F)cc2n1CC(=O)ON1C(=O)c2ccccc2C1=O. The van der Waals surface area contributed by atoms with Crippen LogP contribution < -0.4 is 0 Å². The highest BCUT2D eigenvalue weighted by molar-refractivity contribution is 6.20. The summed E-state index contributed by atoms with van der Waals surface area (Å²) in [6.07, 6.45) is 0. The Hall–Kier alpha value is -3.62. The Balaban J connectivity index is 1.59. The van der Waals surface area contributed by atoms with Gasteiger partial charge in [0.15, 0.2) is 11.6 Å². The quantitative estimate of drug-likeness (QED) is 0.661. The average molecular weight is 371 g/mol. The van der Waals surface area contributed by atoms with Crippen molar-refractivity contribution in [3.8, 4) is 0 Å². The number of fused-ring (bicyclic) bond motifs is 2. The lowest BCUT2D eigenvalue weighted by atomic mass is 10.1. The maximum absolute atomic E-state index is 13.5. The molecule has 0 saturated carbocycles. The molecule has 0 aliphatic carbocycles. The van der Waals surface area contributed by atoms with Crippen LogP contribution in [0.25, 0.3) is 11.0 Å². The van der Waals surface area contributed by atoms with Crippen LogP contribution in [0.4, 0.5) is 8.78 Å². The van der Waals surface area contributed by atoms with E-state index in [0.29, 0.717) is 10.9 Å². The number of benzene rings is 2. The summed E-state index contributed by atoms with van der Waals surface area (Å²) in [5.41, 5.74) is 0.625. The van der Waals surface area contributed by atoms with Gasteiger partial charge in [0.05, 0.1) is 22.2 Å². The number of hydrogen-bond donors (Lipinski definition) is 0. The molecule has 136 valence electrons. The number of nitrogens with zero attached hydrogens (tertiary/aromatic N) is 3. The minimum absolute atomic E-state index is 0.136. The summed E-state index contributed by atoms with van der Waals surface area (Å²) in [4.78, 5) is 45.7. The second-order valence-corrected chi connectivity index (χ2v) is 5.91. The summed E-state index contributed by atoms with van der Waals surface area (Å²) in [7, 11) is 0. The van der Waals surface area contributed by atoms with Crippen molar-refractivity contribution in [3.05, 3.63) is 65.0 Å². The third kappa shape index (κ3) is 2.64. The predicted octanol–water partition coefficient (Wildman–Crippen LogP) is 2.38. The molecule has 2 aromatic carbocycles. The molecule has 0 radical (unpaired) electrons. The molecule has 4 rings (SSSR count). The second-order valence-electron chi connectivity index (χ2n) is 5.91. The number of halogens is 2. The van der Waals surface area contributed by atoms with Gasteiger partial charge >= 0.3 is 5.97 Å². The fraction of sp³-hybridized carbons (Fsp3) is 0.111. The largest absolute Gasteiger partial charge is 0.352 e. The zero-order valence-electron chi connectivity index (χ0n) is 13.9. The topological polar surface area (TPSA) is 81.5 Å². The number of carbonyl (C=O) groups excluding carboxylic acids is 3. The van der Waals surface area contributed by atoms with Crippen molar-refractivity contribution >= 4 is 28.8 Å². The molecule has 2 amide bonds. The Kier molecular flexibility index (Phi) is 3.72. The number of amides is 2. The number of imide groups is 1. The van der Waals surface area contributed by atoms with Crippen LogP contribution in [0.2, 0.25) is 0 Å². The Morgan fingerprint density at radius 2 is 1.67 bits per heavy atom. The number of hydroxylamine groups is 2. The van der Waals surface area contributed by atoms with E-state index in [1.165, 1.54) is 16.7 Å². The number of hydrogen-bond acceptors (Lipinski definition) is 5. The third-order valence-electron chi connectivity index (χ3n) is 4.22. The number of aromatic nitrogens is 2. The molecule has 0 fully saturated rings. The summed E-state index contributed by atoms with van der Waals surface area (Å²) < 4.78 is 28.2. The smallest absolute Gasteiger partial charge is 0.328 e. The molecule has 1 aliphatic heterocycles. The summed E-state index contributed by atoms with van der Waals surface area (Å²) >= 11 is 0. The molecule has 2 heterocycles. The number of rotatable bonds is 3. The number of aryl methyl sites for hydroxylation is 1. The van der Waals surface area contributed by atoms with Gasteiger partial charge in [-0.05, 0) is 19.1 Å². The van der Waals surface area contributed by atoms with Gasteiger partial charge in [0, 0.05) is 12.1 Å². The summed E-state index contributed by atoms with van der Waals surface area (Å²) in [6, 6.07) is 7.92. The molecule has 0 unspecified atom stereocenters. The van der Waals surface area contributed by atoms with Gasteiger partial charge in [0.1, 0.15) is 12.4 Å². The van der Waals surface area contributed by atoms with E-state index in [1.807, 2.05) is 0 Å². The lowest BCUT2D eigenvalue weighted by Crippen LogP contribution is -2.34. The molecule has 0 saturated heterocycles. The standard InChI is InChI=1S/C18H11F2N3O4/c1-9-21-14-6-12(19)13(20)7-15(14)22(9)8-16(24)27-23-17(25)10-4-2-3-5-11(10)18(23)26/h2-7H,8H2,1H3. The first kappa shape index (κ1) is 16.8. The molecule has 3 aromatic rings. The fourth-order valence-corrected chi connectivity index (χ4v) is 2.95. The lowest BCUT2D eigenvalue weighted by Gasteiger charge is -2.13. The minimum atomic E-state index is -1.09. The molecular weight excluding hydrogens is 360 g/mol. The average Bonchev–Trinajstić information content (AvgIpc) is 3.05. The van der Waals surface area contributed by atoms with Crippen LogP contribution in [0.15, 0.2) is 36.4 Å². The van der Waals surface area contributed by atoms with Crippen LogP contribution in [0, 0.1) is 18.6 Å².